The van der Waals surface area contributed by atoms with Crippen molar-refractivity contribution in [1.29, 1.82) is 0 Å². The number of aromatic nitrogens is 2. The number of hydrogen-bond acceptors (Lipinski definition) is 7. The molecule has 40 heavy (non-hydrogen) atoms. The lowest BCUT2D eigenvalue weighted by Crippen LogP contribution is -2.13. The van der Waals surface area contributed by atoms with Crippen molar-refractivity contribution in [3.05, 3.63) is 102 Å². The third-order valence-corrected chi connectivity index (χ3v) is 7.52. The van der Waals surface area contributed by atoms with E-state index in [9.17, 15) is 4.79 Å². The van der Waals surface area contributed by atoms with Gasteiger partial charge in [-0.3, -0.25) is 14.8 Å². The zero-order valence-corrected chi connectivity index (χ0v) is 23.3. The molecule has 0 aliphatic heterocycles. The number of rotatable bonds is 12. The number of nitrogens with zero attached hydrogens (tertiary/aromatic N) is 2. The summed E-state index contributed by atoms with van der Waals surface area (Å²) in [7, 11) is 1.59. The molecule has 0 unspecified atom stereocenters. The number of ether oxygens (including phenoxy) is 2. The Hall–Kier alpha value is -4.14. The third-order valence-electron chi connectivity index (χ3n) is 6.36. The molecular weight excluding hydrogens is 525 g/mol. The molecular formula is C32H30FN3O3S. The highest BCUT2D eigenvalue weighted by Crippen LogP contribution is 2.39. The Labute approximate surface area is 236 Å². The van der Waals surface area contributed by atoms with E-state index < -0.39 is 5.82 Å². The number of ketones is 1. The minimum Gasteiger partial charge on any atom is -0.497 e. The Morgan fingerprint density at radius 1 is 0.950 bits per heavy atom. The van der Waals surface area contributed by atoms with Gasteiger partial charge in [0.25, 0.3) is 0 Å². The number of nitrogens with one attached hydrogen (secondary N) is 1. The fourth-order valence-corrected chi connectivity index (χ4v) is 5.40. The smallest absolute Gasteiger partial charge is 0.166 e. The first kappa shape index (κ1) is 27.4. The van der Waals surface area contributed by atoms with Crippen LogP contribution in [0.25, 0.3) is 20.8 Å². The zero-order valence-electron chi connectivity index (χ0n) is 22.4. The summed E-state index contributed by atoms with van der Waals surface area (Å²) in [6.45, 7) is 3.89. The number of fused-ring (bicyclic) bond motifs is 1. The van der Waals surface area contributed by atoms with E-state index in [0.717, 1.165) is 51.4 Å². The molecule has 5 aromatic rings. The molecule has 0 fully saturated rings. The predicted molar refractivity (Wildman–Crippen MR) is 157 cm³/mol. The van der Waals surface area contributed by atoms with Gasteiger partial charge in [0.2, 0.25) is 0 Å². The van der Waals surface area contributed by atoms with Gasteiger partial charge in [-0.25, -0.2) is 4.39 Å². The highest BCUT2D eigenvalue weighted by Gasteiger charge is 2.15. The van der Waals surface area contributed by atoms with Crippen LogP contribution in [0.1, 0.15) is 30.0 Å². The number of thiophene rings is 1. The maximum atomic E-state index is 15.1. The number of hydrogen-bond donors (Lipinski definition) is 1. The molecule has 0 spiro atoms. The van der Waals surface area contributed by atoms with Gasteiger partial charge in [-0.1, -0.05) is 31.2 Å². The zero-order chi connectivity index (χ0) is 27.9. The lowest BCUT2D eigenvalue weighted by Gasteiger charge is -2.09. The van der Waals surface area contributed by atoms with E-state index in [1.807, 2.05) is 42.6 Å². The Morgan fingerprint density at radius 2 is 1.77 bits per heavy atom. The molecule has 0 atom stereocenters. The van der Waals surface area contributed by atoms with Crippen molar-refractivity contribution in [2.45, 2.75) is 32.7 Å². The van der Waals surface area contributed by atoms with Crippen LogP contribution in [-0.2, 0) is 24.2 Å². The molecule has 0 bridgehead atoms. The first-order chi connectivity index (χ1) is 19.5. The second-order valence-corrected chi connectivity index (χ2v) is 10.5. The molecule has 0 saturated carbocycles. The van der Waals surface area contributed by atoms with Gasteiger partial charge in [0.1, 0.15) is 17.3 Å². The van der Waals surface area contributed by atoms with Crippen molar-refractivity contribution in [3.63, 3.8) is 0 Å². The van der Waals surface area contributed by atoms with Crippen LogP contribution in [0, 0.1) is 5.82 Å². The van der Waals surface area contributed by atoms with Crippen molar-refractivity contribution in [3.8, 4) is 27.8 Å². The monoisotopic (exact) mass is 555 g/mol. The van der Waals surface area contributed by atoms with Gasteiger partial charge in [-0.05, 0) is 66.1 Å². The predicted octanol–water partition coefficient (Wildman–Crippen LogP) is 7.15. The summed E-state index contributed by atoms with van der Waals surface area (Å²) in [5, 5.41) is 3.38. The molecule has 0 aliphatic carbocycles. The fraction of sp³-hybridized carbons (Fsp3) is 0.219. The van der Waals surface area contributed by atoms with Gasteiger partial charge < -0.3 is 14.8 Å². The highest BCUT2D eigenvalue weighted by atomic mass is 32.1. The summed E-state index contributed by atoms with van der Waals surface area (Å²) >= 11 is 1.50. The SMILES string of the molecule is CCCNCc1ccc(-c2cc3nccc(Oc4ccc(CC(=O)Cc5cccc(OC)c5)cc4F)c3s2)nc1. The molecule has 6 nitrogen and oxygen atoms in total. The van der Waals surface area contributed by atoms with Crippen LogP contribution in [0.15, 0.2) is 79.1 Å². The van der Waals surface area contributed by atoms with E-state index in [1.165, 1.54) is 17.4 Å². The van der Waals surface area contributed by atoms with Gasteiger partial charge in [0.15, 0.2) is 11.6 Å². The van der Waals surface area contributed by atoms with E-state index in [0.29, 0.717) is 17.1 Å². The average molecular weight is 556 g/mol. The summed E-state index contributed by atoms with van der Waals surface area (Å²) in [6.07, 6.45) is 4.99. The molecule has 204 valence electrons. The molecule has 0 radical (unpaired) electrons. The van der Waals surface area contributed by atoms with Crippen molar-refractivity contribution >= 4 is 27.3 Å². The number of methoxy groups -OCH3 is 1. The van der Waals surface area contributed by atoms with E-state index in [2.05, 4.69) is 28.3 Å². The van der Waals surface area contributed by atoms with Gasteiger partial charge in [-0.15, -0.1) is 11.3 Å². The van der Waals surface area contributed by atoms with Gasteiger partial charge in [0.05, 0.1) is 27.9 Å². The normalized spacial score (nSPS) is 11.1. The molecule has 8 heteroatoms. The van der Waals surface area contributed by atoms with Crippen LogP contribution in [0.3, 0.4) is 0 Å². The number of carbonyl (C=O) groups excluding carboxylic acids is 1. The van der Waals surface area contributed by atoms with Crippen LogP contribution in [0.2, 0.25) is 0 Å². The van der Waals surface area contributed by atoms with Gasteiger partial charge in [-0.2, -0.15) is 0 Å². The maximum absolute atomic E-state index is 15.1. The number of Topliss-reactive ketones (excluding diaryl/α,β-unsaturated/α-hetero) is 1. The second kappa shape index (κ2) is 12.8. The first-order valence-corrected chi connectivity index (χ1v) is 14.0. The van der Waals surface area contributed by atoms with Crippen LogP contribution in [0.4, 0.5) is 4.39 Å². The molecule has 0 amide bonds. The summed E-state index contributed by atoms with van der Waals surface area (Å²) in [5.74, 6) is 0.769. The highest BCUT2D eigenvalue weighted by molar-refractivity contribution is 7.22. The Balaban J connectivity index is 1.28. The number of benzene rings is 2. The topological polar surface area (TPSA) is 73.3 Å². The van der Waals surface area contributed by atoms with E-state index in [-0.39, 0.29) is 24.4 Å². The number of halogens is 1. The van der Waals surface area contributed by atoms with Gasteiger partial charge in [0, 0.05) is 37.8 Å². The minimum absolute atomic E-state index is 0.0119. The number of pyridine rings is 2. The quantitative estimate of drug-likeness (QED) is 0.165. The Morgan fingerprint density at radius 3 is 2.52 bits per heavy atom. The second-order valence-electron chi connectivity index (χ2n) is 9.47. The number of carbonyl (C=O) groups is 1. The average Bonchev–Trinajstić information content (AvgIpc) is 3.40. The molecule has 1 N–H and O–H groups in total. The van der Waals surface area contributed by atoms with Crippen molar-refractivity contribution in [1.82, 2.24) is 15.3 Å². The van der Waals surface area contributed by atoms with Crippen LogP contribution in [0.5, 0.6) is 17.2 Å². The lowest BCUT2D eigenvalue weighted by atomic mass is 10.0. The van der Waals surface area contributed by atoms with Gasteiger partial charge >= 0.3 is 0 Å². The molecule has 3 aromatic heterocycles. The summed E-state index contributed by atoms with van der Waals surface area (Å²) in [5.41, 5.74) is 4.18. The first-order valence-electron chi connectivity index (χ1n) is 13.2. The lowest BCUT2D eigenvalue weighted by molar-refractivity contribution is -0.117. The van der Waals surface area contributed by atoms with Crippen molar-refractivity contribution in [2.24, 2.45) is 0 Å². The molecule has 2 aromatic carbocycles. The summed E-state index contributed by atoms with van der Waals surface area (Å²) < 4.78 is 27.1. The minimum atomic E-state index is -0.526. The van der Waals surface area contributed by atoms with Crippen LogP contribution in [-0.4, -0.2) is 29.4 Å². The Bertz CT molecular complexity index is 1620. The van der Waals surface area contributed by atoms with Crippen molar-refractivity contribution in [2.75, 3.05) is 13.7 Å². The molecule has 3 heterocycles. The molecule has 0 saturated heterocycles. The van der Waals surface area contributed by atoms with Crippen molar-refractivity contribution < 1.29 is 18.7 Å². The fourth-order valence-electron chi connectivity index (χ4n) is 4.36. The molecule has 0 aliphatic rings. The third kappa shape index (κ3) is 6.70. The van der Waals surface area contributed by atoms with Crippen LogP contribution >= 0.6 is 11.3 Å². The standard InChI is InChI=1S/C32H30FN3O3S/c1-3-12-34-19-23-7-9-27(36-20-23)31-18-28-32(40-31)30(11-13-35-28)39-29-10-8-22(17-26(29)33)15-24(37)14-21-5-4-6-25(16-21)38-2/h4-11,13,16-18,20,34H,3,12,14-15,19H2,1-2H3. The van der Waals surface area contributed by atoms with E-state index >= 15 is 4.39 Å². The molecule has 5 rings (SSSR count). The van der Waals surface area contributed by atoms with E-state index in [1.54, 1.807) is 31.5 Å². The largest absolute Gasteiger partial charge is 0.497 e. The Kier molecular flexibility index (Phi) is 8.78. The maximum Gasteiger partial charge on any atom is 0.166 e. The van der Waals surface area contributed by atoms with Crippen LogP contribution < -0.4 is 14.8 Å². The summed E-state index contributed by atoms with van der Waals surface area (Å²) in [6, 6.07) is 19.8. The summed E-state index contributed by atoms with van der Waals surface area (Å²) in [4.78, 5) is 22.7. The van der Waals surface area contributed by atoms with E-state index in [4.69, 9.17) is 9.47 Å².